The van der Waals surface area contributed by atoms with E-state index in [9.17, 15) is 4.79 Å². The highest BCUT2D eigenvalue weighted by Gasteiger charge is 2.15. The van der Waals surface area contributed by atoms with Gasteiger partial charge in [0.2, 0.25) is 5.91 Å². The number of nitrogens with one attached hydrogen (secondary N) is 1. The summed E-state index contributed by atoms with van der Waals surface area (Å²) in [6.07, 6.45) is 0. The first kappa shape index (κ1) is 15.6. The third kappa shape index (κ3) is 4.36. The second-order valence-corrected chi connectivity index (χ2v) is 6.52. The molecule has 0 saturated heterocycles. The summed E-state index contributed by atoms with van der Waals surface area (Å²) in [7, 11) is 0. The minimum absolute atomic E-state index is 0.00826. The zero-order valence-corrected chi connectivity index (χ0v) is 13.6. The first-order chi connectivity index (χ1) is 9.95. The number of hydrogen-bond acceptors (Lipinski definition) is 4. The predicted molar refractivity (Wildman–Crippen MR) is 86.5 cm³/mol. The standard InChI is InChI=1S/C16H20N2O2S/c1-10-5-6-11(2)15(7-10)17-16(19)13(4)21-9-14-8-12(3)20-18-14/h5-8,13H,9H2,1-4H3,(H,17,19)/t13-/m0/s1. The van der Waals surface area contributed by atoms with Crippen molar-refractivity contribution >= 4 is 23.4 Å². The van der Waals surface area contributed by atoms with Gasteiger partial charge in [0.15, 0.2) is 0 Å². The van der Waals surface area contributed by atoms with Crippen LogP contribution in [0.5, 0.6) is 0 Å². The van der Waals surface area contributed by atoms with Crippen molar-refractivity contribution in [2.24, 2.45) is 0 Å². The lowest BCUT2D eigenvalue weighted by Crippen LogP contribution is -2.23. The Morgan fingerprint density at radius 1 is 1.33 bits per heavy atom. The van der Waals surface area contributed by atoms with Gasteiger partial charge in [0.25, 0.3) is 0 Å². The van der Waals surface area contributed by atoms with Crippen molar-refractivity contribution in [2.75, 3.05) is 5.32 Å². The van der Waals surface area contributed by atoms with E-state index in [-0.39, 0.29) is 11.2 Å². The van der Waals surface area contributed by atoms with Crippen LogP contribution in [0.15, 0.2) is 28.8 Å². The predicted octanol–water partition coefficient (Wildman–Crippen LogP) is 3.86. The number of thioether (sulfide) groups is 1. The van der Waals surface area contributed by atoms with Crippen LogP contribution >= 0.6 is 11.8 Å². The van der Waals surface area contributed by atoms with Gasteiger partial charge in [-0.2, -0.15) is 0 Å². The molecule has 0 aliphatic carbocycles. The Hall–Kier alpha value is -1.75. The second kappa shape index (κ2) is 6.80. The highest BCUT2D eigenvalue weighted by atomic mass is 32.2. The van der Waals surface area contributed by atoms with E-state index < -0.39 is 0 Å². The van der Waals surface area contributed by atoms with E-state index in [0.717, 1.165) is 28.3 Å². The molecule has 0 fully saturated rings. The summed E-state index contributed by atoms with van der Waals surface area (Å²) in [5.74, 6) is 1.46. The first-order valence-corrected chi connectivity index (χ1v) is 7.92. The van der Waals surface area contributed by atoms with Gasteiger partial charge in [0, 0.05) is 17.5 Å². The molecule has 4 nitrogen and oxygen atoms in total. The molecule has 0 aliphatic heterocycles. The molecule has 2 aromatic rings. The van der Waals surface area contributed by atoms with Crippen molar-refractivity contribution in [2.45, 2.75) is 38.7 Å². The van der Waals surface area contributed by atoms with Crippen LogP contribution in [0.3, 0.4) is 0 Å². The Morgan fingerprint density at radius 3 is 2.76 bits per heavy atom. The van der Waals surface area contributed by atoms with E-state index in [4.69, 9.17) is 4.52 Å². The van der Waals surface area contributed by atoms with E-state index in [1.807, 2.05) is 52.0 Å². The average Bonchev–Trinajstić information content (AvgIpc) is 2.86. The minimum Gasteiger partial charge on any atom is -0.361 e. The topological polar surface area (TPSA) is 55.1 Å². The Kier molecular flexibility index (Phi) is 5.07. The summed E-state index contributed by atoms with van der Waals surface area (Å²) in [4.78, 5) is 12.2. The lowest BCUT2D eigenvalue weighted by atomic mass is 10.1. The van der Waals surface area contributed by atoms with Crippen LogP contribution in [0.25, 0.3) is 0 Å². The van der Waals surface area contributed by atoms with Crippen LogP contribution in [0.2, 0.25) is 0 Å². The fourth-order valence-corrected chi connectivity index (χ4v) is 2.64. The lowest BCUT2D eigenvalue weighted by molar-refractivity contribution is -0.115. The third-order valence-corrected chi connectivity index (χ3v) is 4.35. The van der Waals surface area contributed by atoms with Crippen molar-refractivity contribution in [1.29, 1.82) is 0 Å². The van der Waals surface area contributed by atoms with Crippen LogP contribution in [0, 0.1) is 20.8 Å². The third-order valence-electron chi connectivity index (χ3n) is 3.18. The van der Waals surface area contributed by atoms with E-state index in [2.05, 4.69) is 10.5 Å². The molecular formula is C16H20N2O2S. The van der Waals surface area contributed by atoms with Crippen molar-refractivity contribution in [3.63, 3.8) is 0 Å². The molecule has 0 unspecified atom stereocenters. The van der Waals surface area contributed by atoms with E-state index in [1.165, 1.54) is 0 Å². The Morgan fingerprint density at radius 2 is 2.10 bits per heavy atom. The fraction of sp³-hybridized carbons (Fsp3) is 0.375. The van der Waals surface area contributed by atoms with Crippen molar-refractivity contribution < 1.29 is 9.32 Å². The van der Waals surface area contributed by atoms with Gasteiger partial charge < -0.3 is 9.84 Å². The van der Waals surface area contributed by atoms with Gasteiger partial charge in [-0.3, -0.25) is 4.79 Å². The summed E-state index contributed by atoms with van der Waals surface area (Å²) >= 11 is 1.55. The number of amides is 1. The zero-order chi connectivity index (χ0) is 15.4. The van der Waals surface area contributed by atoms with Crippen LogP contribution in [-0.2, 0) is 10.5 Å². The Bertz CT molecular complexity index is 637. The van der Waals surface area contributed by atoms with Crippen LogP contribution in [-0.4, -0.2) is 16.3 Å². The van der Waals surface area contributed by atoms with Gasteiger partial charge in [-0.05, 0) is 44.9 Å². The van der Waals surface area contributed by atoms with E-state index in [1.54, 1.807) is 11.8 Å². The van der Waals surface area contributed by atoms with Crippen LogP contribution in [0.4, 0.5) is 5.69 Å². The molecule has 1 N–H and O–H groups in total. The first-order valence-electron chi connectivity index (χ1n) is 6.87. The van der Waals surface area contributed by atoms with Crippen molar-refractivity contribution in [1.82, 2.24) is 5.16 Å². The molecule has 1 heterocycles. The molecule has 2 rings (SSSR count). The maximum absolute atomic E-state index is 12.2. The number of carbonyl (C=O) groups is 1. The Balaban J connectivity index is 1.91. The van der Waals surface area contributed by atoms with Crippen LogP contribution < -0.4 is 5.32 Å². The van der Waals surface area contributed by atoms with Gasteiger partial charge in [-0.15, -0.1) is 11.8 Å². The molecule has 1 aromatic heterocycles. The Labute approximate surface area is 129 Å². The molecular weight excluding hydrogens is 284 g/mol. The quantitative estimate of drug-likeness (QED) is 0.911. The maximum Gasteiger partial charge on any atom is 0.237 e. The van der Waals surface area contributed by atoms with Gasteiger partial charge in [-0.1, -0.05) is 17.3 Å². The summed E-state index contributed by atoms with van der Waals surface area (Å²) < 4.78 is 5.02. The van der Waals surface area contributed by atoms with E-state index >= 15 is 0 Å². The van der Waals surface area contributed by atoms with Gasteiger partial charge in [-0.25, -0.2) is 0 Å². The highest BCUT2D eigenvalue weighted by Crippen LogP contribution is 2.21. The number of aryl methyl sites for hydroxylation is 3. The average molecular weight is 304 g/mol. The molecule has 1 aromatic carbocycles. The molecule has 112 valence electrons. The van der Waals surface area contributed by atoms with E-state index in [0.29, 0.717) is 5.75 Å². The number of nitrogens with zero attached hydrogens (tertiary/aromatic N) is 1. The molecule has 0 aliphatic rings. The maximum atomic E-state index is 12.2. The summed E-state index contributed by atoms with van der Waals surface area (Å²) in [5, 5.41) is 6.77. The molecule has 0 radical (unpaired) electrons. The SMILES string of the molecule is Cc1ccc(C)c(NC(=O)[C@H](C)SCc2cc(C)on2)c1. The smallest absolute Gasteiger partial charge is 0.237 e. The summed E-state index contributed by atoms with van der Waals surface area (Å²) in [6.45, 7) is 7.76. The largest absolute Gasteiger partial charge is 0.361 e. The number of carbonyl (C=O) groups excluding carboxylic acids is 1. The summed E-state index contributed by atoms with van der Waals surface area (Å²) in [5.41, 5.74) is 3.95. The van der Waals surface area contributed by atoms with Gasteiger partial charge >= 0.3 is 0 Å². The van der Waals surface area contributed by atoms with Crippen molar-refractivity contribution in [3.8, 4) is 0 Å². The summed E-state index contributed by atoms with van der Waals surface area (Å²) in [6, 6.07) is 7.94. The molecule has 1 amide bonds. The second-order valence-electron chi connectivity index (χ2n) is 5.19. The highest BCUT2D eigenvalue weighted by molar-refractivity contribution is 7.99. The normalized spacial score (nSPS) is 12.2. The van der Waals surface area contributed by atoms with Crippen LogP contribution in [0.1, 0.15) is 29.5 Å². The molecule has 0 bridgehead atoms. The van der Waals surface area contributed by atoms with Gasteiger partial charge in [0.05, 0.1) is 10.9 Å². The minimum atomic E-state index is -0.151. The number of benzene rings is 1. The monoisotopic (exact) mass is 304 g/mol. The number of aromatic nitrogens is 1. The van der Waals surface area contributed by atoms with Gasteiger partial charge in [0.1, 0.15) is 5.76 Å². The number of hydrogen-bond donors (Lipinski definition) is 1. The zero-order valence-electron chi connectivity index (χ0n) is 12.8. The number of rotatable bonds is 5. The molecule has 0 spiro atoms. The fourth-order valence-electron chi connectivity index (χ4n) is 1.88. The molecule has 1 atom stereocenters. The molecule has 21 heavy (non-hydrogen) atoms. The van der Waals surface area contributed by atoms with Crippen molar-refractivity contribution in [3.05, 3.63) is 46.8 Å². The lowest BCUT2D eigenvalue weighted by Gasteiger charge is -2.13. The number of anilines is 1. The molecule has 5 heteroatoms. The molecule has 0 saturated carbocycles.